The molecular formula is C22H23ClN6O2. The minimum absolute atomic E-state index is 0. The second kappa shape index (κ2) is 8.08. The summed E-state index contributed by atoms with van der Waals surface area (Å²) in [6, 6.07) is 10.3. The van der Waals surface area contributed by atoms with Gasteiger partial charge in [0.05, 0.1) is 16.6 Å². The maximum atomic E-state index is 11.8. The molecule has 8 nitrogen and oxygen atoms in total. The summed E-state index contributed by atoms with van der Waals surface area (Å²) in [5.74, 6) is 1.07. The van der Waals surface area contributed by atoms with Crippen LogP contribution in [-0.2, 0) is 22.6 Å². The normalized spacial score (nSPS) is 16.1. The quantitative estimate of drug-likeness (QED) is 0.571. The molecule has 2 aromatic heterocycles. The Hall–Kier alpha value is -3.31. The third kappa shape index (κ3) is 3.26. The van der Waals surface area contributed by atoms with Crippen molar-refractivity contribution in [2.45, 2.75) is 19.9 Å². The second-order valence-corrected chi connectivity index (χ2v) is 7.85. The van der Waals surface area contributed by atoms with E-state index in [1.807, 2.05) is 29.2 Å². The average Bonchev–Trinajstić information content (AvgIpc) is 3.16. The van der Waals surface area contributed by atoms with Crippen LogP contribution in [0.15, 0.2) is 24.3 Å². The van der Waals surface area contributed by atoms with Crippen LogP contribution < -0.4 is 4.90 Å². The molecule has 0 radical (unpaired) electrons. The number of carbonyl (C=O) groups excluding carboxylic acids is 2. The van der Waals surface area contributed by atoms with Gasteiger partial charge in [0.1, 0.15) is 11.9 Å². The number of carbonyl (C=O) groups is 2. The lowest BCUT2D eigenvalue weighted by molar-refractivity contribution is -0.129. The van der Waals surface area contributed by atoms with Crippen LogP contribution in [0.1, 0.15) is 23.6 Å². The number of nitrogens with zero attached hydrogens (tertiary/aromatic N) is 6. The van der Waals surface area contributed by atoms with Gasteiger partial charge >= 0.3 is 0 Å². The Labute approximate surface area is 186 Å². The van der Waals surface area contributed by atoms with Gasteiger partial charge in [-0.05, 0) is 24.1 Å². The summed E-state index contributed by atoms with van der Waals surface area (Å²) in [4.78, 5) is 34.0. The van der Waals surface area contributed by atoms with Crippen molar-refractivity contribution in [2.75, 3.05) is 37.6 Å². The molecule has 1 fully saturated rings. The van der Waals surface area contributed by atoms with Crippen LogP contribution >= 0.6 is 12.4 Å². The number of hydrogen-bond acceptors (Lipinski definition) is 5. The molecule has 9 heteroatoms. The monoisotopic (exact) mass is 438 g/mol. The standard InChI is InChI=1S/C22H22N6O2.ClH/c1-15(30)26-8-10-27(11-9-26)22-18-13-25(14-29)7-6-16(18)17(12-23)21-24-19-4-2-3-5-20(19)28(21)22;/h2-5,14H,6-11,13H2,1H3;1H. The highest BCUT2D eigenvalue weighted by molar-refractivity contribution is 5.87. The van der Waals surface area contributed by atoms with Crippen LogP contribution in [0.2, 0.25) is 0 Å². The maximum Gasteiger partial charge on any atom is 0.219 e. The van der Waals surface area contributed by atoms with Crippen LogP contribution in [0, 0.1) is 11.3 Å². The fourth-order valence-electron chi connectivity index (χ4n) is 4.72. The number of piperazine rings is 1. The molecule has 3 aromatic rings. The number of imidazole rings is 1. The zero-order valence-corrected chi connectivity index (χ0v) is 18.1. The van der Waals surface area contributed by atoms with Crippen LogP contribution in [0.4, 0.5) is 5.82 Å². The van der Waals surface area contributed by atoms with E-state index in [9.17, 15) is 14.9 Å². The van der Waals surface area contributed by atoms with Crippen molar-refractivity contribution in [1.82, 2.24) is 19.2 Å². The number of amides is 2. The van der Waals surface area contributed by atoms with Gasteiger partial charge in [-0.25, -0.2) is 4.98 Å². The fraction of sp³-hybridized carbons (Fsp3) is 0.364. The largest absolute Gasteiger partial charge is 0.354 e. The minimum Gasteiger partial charge on any atom is -0.354 e. The maximum absolute atomic E-state index is 11.8. The molecule has 2 aliphatic rings. The molecule has 1 aromatic carbocycles. The SMILES string of the molecule is CC(=O)N1CCN(c2c3c(c(C#N)c4nc5ccccc5n24)CCN(C=O)C3)CC1.Cl. The van der Waals surface area contributed by atoms with E-state index in [4.69, 9.17) is 4.98 Å². The van der Waals surface area contributed by atoms with Crippen LogP contribution in [-0.4, -0.2) is 64.2 Å². The average molecular weight is 439 g/mol. The van der Waals surface area contributed by atoms with E-state index >= 15 is 0 Å². The van der Waals surface area contributed by atoms with E-state index in [2.05, 4.69) is 15.4 Å². The minimum atomic E-state index is 0. The molecule has 4 heterocycles. The van der Waals surface area contributed by atoms with Gasteiger partial charge in [-0.2, -0.15) is 5.26 Å². The molecule has 0 bridgehead atoms. The Morgan fingerprint density at radius 3 is 2.55 bits per heavy atom. The molecule has 2 amide bonds. The smallest absolute Gasteiger partial charge is 0.219 e. The van der Waals surface area contributed by atoms with E-state index in [1.165, 1.54) is 0 Å². The van der Waals surface area contributed by atoms with Crippen molar-refractivity contribution in [1.29, 1.82) is 5.26 Å². The van der Waals surface area contributed by atoms with E-state index in [-0.39, 0.29) is 18.3 Å². The van der Waals surface area contributed by atoms with E-state index in [0.29, 0.717) is 56.9 Å². The van der Waals surface area contributed by atoms with Gasteiger partial charge in [0.2, 0.25) is 12.3 Å². The first-order valence-electron chi connectivity index (χ1n) is 10.2. The Balaban J connectivity index is 0.00000231. The van der Waals surface area contributed by atoms with Crippen molar-refractivity contribution in [2.24, 2.45) is 0 Å². The third-order valence-electron chi connectivity index (χ3n) is 6.23. The van der Waals surface area contributed by atoms with Gasteiger partial charge in [0.25, 0.3) is 0 Å². The molecule has 0 unspecified atom stereocenters. The second-order valence-electron chi connectivity index (χ2n) is 7.85. The van der Waals surface area contributed by atoms with Crippen molar-refractivity contribution >= 4 is 47.2 Å². The molecule has 1 saturated heterocycles. The lowest BCUT2D eigenvalue weighted by Crippen LogP contribution is -2.49. The van der Waals surface area contributed by atoms with Crippen LogP contribution in [0.3, 0.4) is 0 Å². The Bertz CT molecular complexity index is 1220. The third-order valence-corrected chi connectivity index (χ3v) is 6.23. The molecular weight excluding hydrogens is 416 g/mol. The first-order valence-corrected chi connectivity index (χ1v) is 10.2. The topological polar surface area (TPSA) is 84.9 Å². The van der Waals surface area contributed by atoms with Crippen LogP contribution in [0.25, 0.3) is 16.7 Å². The molecule has 5 rings (SSSR count). The summed E-state index contributed by atoms with van der Waals surface area (Å²) in [6.45, 7) is 5.35. The summed E-state index contributed by atoms with van der Waals surface area (Å²) in [5, 5.41) is 9.99. The highest BCUT2D eigenvalue weighted by atomic mass is 35.5. The molecule has 0 aliphatic carbocycles. The highest BCUT2D eigenvalue weighted by Gasteiger charge is 2.31. The number of benzene rings is 1. The molecule has 2 aliphatic heterocycles. The zero-order chi connectivity index (χ0) is 20.8. The van der Waals surface area contributed by atoms with Crippen molar-refractivity contribution < 1.29 is 9.59 Å². The number of pyridine rings is 1. The van der Waals surface area contributed by atoms with E-state index in [0.717, 1.165) is 34.4 Å². The lowest BCUT2D eigenvalue weighted by Gasteiger charge is -2.39. The van der Waals surface area contributed by atoms with E-state index < -0.39 is 0 Å². The van der Waals surface area contributed by atoms with Gasteiger partial charge in [-0.1, -0.05) is 12.1 Å². The Kier molecular flexibility index (Phi) is 5.46. The summed E-state index contributed by atoms with van der Waals surface area (Å²) in [5.41, 5.74) is 5.05. The number of rotatable bonds is 2. The first-order chi connectivity index (χ1) is 14.6. The Morgan fingerprint density at radius 2 is 1.87 bits per heavy atom. The number of fused-ring (bicyclic) bond motifs is 4. The molecule has 0 saturated carbocycles. The van der Waals surface area contributed by atoms with Crippen molar-refractivity contribution in [3.8, 4) is 6.07 Å². The van der Waals surface area contributed by atoms with Gasteiger partial charge < -0.3 is 14.7 Å². The predicted octanol–water partition coefficient (Wildman–Crippen LogP) is 1.96. The lowest BCUT2D eigenvalue weighted by atomic mass is 9.95. The number of halogens is 1. The zero-order valence-electron chi connectivity index (χ0n) is 17.2. The van der Waals surface area contributed by atoms with Crippen molar-refractivity contribution in [3.05, 3.63) is 41.0 Å². The summed E-state index contributed by atoms with van der Waals surface area (Å²) < 4.78 is 2.07. The van der Waals surface area contributed by atoms with Gasteiger partial charge in [0.15, 0.2) is 5.65 Å². The molecule has 0 N–H and O–H groups in total. The predicted molar refractivity (Wildman–Crippen MR) is 119 cm³/mol. The molecule has 0 atom stereocenters. The summed E-state index contributed by atoms with van der Waals surface area (Å²) in [6.07, 6.45) is 1.51. The number of para-hydroxylation sites is 2. The molecule has 31 heavy (non-hydrogen) atoms. The van der Waals surface area contributed by atoms with Crippen LogP contribution in [0.5, 0.6) is 0 Å². The molecule has 0 spiro atoms. The Morgan fingerprint density at radius 1 is 1.13 bits per heavy atom. The number of nitriles is 1. The van der Waals surface area contributed by atoms with Crippen molar-refractivity contribution in [3.63, 3.8) is 0 Å². The van der Waals surface area contributed by atoms with E-state index in [1.54, 1.807) is 11.8 Å². The number of aromatic nitrogens is 2. The van der Waals surface area contributed by atoms with Gasteiger partial charge in [0, 0.05) is 51.8 Å². The summed E-state index contributed by atoms with van der Waals surface area (Å²) in [7, 11) is 0. The van der Waals surface area contributed by atoms with Gasteiger partial charge in [-0.3, -0.25) is 14.0 Å². The number of anilines is 1. The first kappa shape index (κ1) is 20.9. The molecule has 160 valence electrons. The fourth-order valence-corrected chi connectivity index (χ4v) is 4.72. The summed E-state index contributed by atoms with van der Waals surface area (Å²) >= 11 is 0. The van der Waals surface area contributed by atoms with Gasteiger partial charge in [-0.15, -0.1) is 12.4 Å². The number of hydrogen-bond donors (Lipinski definition) is 0. The highest BCUT2D eigenvalue weighted by Crippen LogP contribution is 2.36.